The van der Waals surface area contributed by atoms with Crippen LogP contribution in [-0.2, 0) is 0 Å². The van der Waals surface area contributed by atoms with Gasteiger partial charge in [0.1, 0.15) is 0 Å². The molecule has 0 aliphatic carbocycles. The lowest BCUT2D eigenvalue weighted by Gasteiger charge is -2.36. The van der Waals surface area contributed by atoms with Gasteiger partial charge in [-0.05, 0) is 55.5 Å². The van der Waals surface area contributed by atoms with Crippen molar-refractivity contribution in [3.8, 4) is 11.1 Å². The lowest BCUT2D eigenvalue weighted by atomic mass is 9.92. The first-order valence-electron chi connectivity index (χ1n) is 10.2. The van der Waals surface area contributed by atoms with Crippen molar-refractivity contribution in [1.82, 2.24) is 24.8 Å². The Bertz CT molecular complexity index is 1040. The number of carbonyl (C=O) groups is 1. The van der Waals surface area contributed by atoms with Crippen molar-refractivity contribution in [2.75, 3.05) is 25.5 Å². The van der Waals surface area contributed by atoms with Gasteiger partial charge >= 0.3 is 0 Å². The summed E-state index contributed by atoms with van der Waals surface area (Å²) in [6.07, 6.45) is 11.7. The van der Waals surface area contributed by atoms with Crippen LogP contribution in [0.4, 0.5) is 5.95 Å². The molecule has 3 aromatic rings. The van der Waals surface area contributed by atoms with Crippen LogP contribution < -0.4 is 4.90 Å². The van der Waals surface area contributed by atoms with E-state index in [0.29, 0.717) is 18.1 Å². The summed E-state index contributed by atoms with van der Waals surface area (Å²) in [6, 6.07) is 5.43. The molecule has 1 aliphatic rings. The van der Waals surface area contributed by atoms with Crippen molar-refractivity contribution in [3.05, 3.63) is 66.0 Å². The van der Waals surface area contributed by atoms with Gasteiger partial charge in [-0.15, -0.1) is 0 Å². The van der Waals surface area contributed by atoms with Gasteiger partial charge in [-0.25, -0.2) is 9.97 Å². The second-order valence-corrected chi connectivity index (χ2v) is 7.80. The predicted octanol–water partition coefficient (Wildman–Crippen LogP) is 3.68. The van der Waals surface area contributed by atoms with Crippen LogP contribution in [0.5, 0.6) is 0 Å². The Hall–Kier alpha value is -3.35. The molecule has 4 heterocycles. The summed E-state index contributed by atoms with van der Waals surface area (Å²) in [5.74, 6) is 0.659. The van der Waals surface area contributed by atoms with Gasteiger partial charge in [0.05, 0.1) is 11.7 Å². The van der Waals surface area contributed by atoms with Gasteiger partial charge in [0.2, 0.25) is 5.95 Å². The highest BCUT2D eigenvalue weighted by Gasteiger charge is 2.32. The van der Waals surface area contributed by atoms with E-state index in [1.807, 2.05) is 49.3 Å². The number of aromatic nitrogens is 4. The van der Waals surface area contributed by atoms with Crippen LogP contribution in [0.1, 0.15) is 46.9 Å². The van der Waals surface area contributed by atoms with Crippen molar-refractivity contribution in [2.24, 2.45) is 0 Å². The lowest BCUT2D eigenvalue weighted by Crippen LogP contribution is -2.39. The Morgan fingerprint density at radius 2 is 1.80 bits per heavy atom. The number of aryl methyl sites for hydroxylation is 1. The topological polar surface area (TPSA) is 75.1 Å². The van der Waals surface area contributed by atoms with E-state index < -0.39 is 0 Å². The predicted molar refractivity (Wildman–Crippen MR) is 116 cm³/mol. The van der Waals surface area contributed by atoms with Gasteiger partial charge in [0.15, 0.2) is 0 Å². The Morgan fingerprint density at radius 3 is 2.53 bits per heavy atom. The quantitative estimate of drug-likeness (QED) is 0.663. The molecule has 7 heteroatoms. The standard InChI is InChI=1S/C23H26N6O/c1-16-14-25-12-9-18(16)19-15-26-23(28(2)3)27-21(19)20-6-4-5-13-29(20)22(30)17-7-10-24-11-8-17/h7-12,14-15,20H,4-6,13H2,1-3H3. The SMILES string of the molecule is Cc1cnccc1-c1cnc(N(C)C)nc1C1CCCCN1C(=O)c1ccncc1. The second-order valence-electron chi connectivity index (χ2n) is 7.80. The van der Waals surface area contributed by atoms with Crippen molar-refractivity contribution in [3.63, 3.8) is 0 Å². The molecule has 0 spiro atoms. The van der Waals surface area contributed by atoms with Crippen LogP contribution in [0.15, 0.2) is 49.2 Å². The summed E-state index contributed by atoms with van der Waals surface area (Å²) >= 11 is 0. The van der Waals surface area contributed by atoms with E-state index in [1.54, 1.807) is 30.7 Å². The van der Waals surface area contributed by atoms with Crippen LogP contribution in [0, 0.1) is 6.92 Å². The van der Waals surface area contributed by atoms with E-state index in [0.717, 1.165) is 41.6 Å². The minimum absolute atomic E-state index is 0.0181. The first-order chi connectivity index (χ1) is 14.6. The average Bonchev–Trinajstić information content (AvgIpc) is 2.79. The Balaban J connectivity index is 1.82. The maximum atomic E-state index is 13.4. The average molecular weight is 403 g/mol. The van der Waals surface area contributed by atoms with E-state index in [9.17, 15) is 4.79 Å². The van der Waals surface area contributed by atoms with Crippen LogP contribution in [0.3, 0.4) is 0 Å². The number of piperidine rings is 1. The monoisotopic (exact) mass is 402 g/mol. The number of hydrogen-bond donors (Lipinski definition) is 0. The fourth-order valence-electron chi connectivity index (χ4n) is 3.96. The normalized spacial score (nSPS) is 16.4. The first-order valence-corrected chi connectivity index (χ1v) is 10.2. The first kappa shape index (κ1) is 19.9. The number of anilines is 1. The van der Waals surface area contributed by atoms with Crippen molar-refractivity contribution in [2.45, 2.75) is 32.2 Å². The molecular weight excluding hydrogens is 376 g/mol. The molecule has 1 atom stereocenters. The minimum atomic E-state index is -0.108. The molecule has 154 valence electrons. The molecule has 0 radical (unpaired) electrons. The molecule has 4 rings (SSSR count). The Morgan fingerprint density at radius 1 is 1.03 bits per heavy atom. The van der Waals surface area contributed by atoms with E-state index in [-0.39, 0.29) is 11.9 Å². The molecule has 0 N–H and O–H groups in total. The number of hydrogen-bond acceptors (Lipinski definition) is 6. The van der Waals surface area contributed by atoms with Gasteiger partial charge in [0.25, 0.3) is 5.91 Å². The maximum absolute atomic E-state index is 13.4. The fraction of sp³-hybridized carbons (Fsp3) is 0.348. The minimum Gasteiger partial charge on any atom is -0.347 e. The van der Waals surface area contributed by atoms with Gasteiger partial charge < -0.3 is 9.80 Å². The third kappa shape index (κ3) is 3.87. The zero-order valence-corrected chi connectivity index (χ0v) is 17.6. The third-order valence-electron chi connectivity index (χ3n) is 5.52. The maximum Gasteiger partial charge on any atom is 0.254 e. The molecule has 1 saturated heterocycles. The molecule has 7 nitrogen and oxygen atoms in total. The second kappa shape index (κ2) is 8.57. The van der Waals surface area contributed by atoms with Gasteiger partial charge in [-0.1, -0.05) is 0 Å². The summed E-state index contributed by atoms with van der Waals surface area (Å²) in [6.45, 7) is 2.74. The molecule has 1 fully saturated rings. The van der Waals surface area contributed by atoms with E-state index in [1.165, 1.54) is 0 Å². The molecule has 30 heavy (non-hydrogen) atoms. The van der Waals surface area contributed by atoms with Crippen molar-refractivity contribution in [1.29, 1.82) is 0 Å². The third-order valence-corrected chi connectivity index (χ3v) is 5.52. The molecule has 0 bridgehead atoms. The molecule has 1 aliphatic heterocycles. The highest BCUT2D eigenvalue weighted by Crippen LogP contribution is 2.37. The fourth-order valence-corrected chi connectivity index (χ4v) is 3.96. The number of pyridine rings is 2. The van der Waals surface area contributed by atoms with Gasteiger partial charge in [0, 0.05) is 62.8 Å². The summed E-state index contributed by atoms with van der Waals surface area (Å²) in [5, 5.41) is 0. The molecular formula is C23H26N6O. The highest BCUT2D eigenvalue weighted by molar-refractivity contribution is 5.94. The molecule has 1 amide bonds. The molecule has 0 aromatic carbocycles. The van der Waals surface area contributed by atoms with E-state index in [4.69, 9.17) is 4.98 Å². The van der Waals surface area contributed by atoms with E-state index in [2.05, 4.69) is 15.0 Å². The Labute approximate surface area is 176 Å². The molecule has 3 aromatic heterocycles. The van der Waals surface area contributed by atoms with Gasteiger partial charge in [-0.2, -0.15) is 0 Å². The number of likely N-dealkylation sites (tertiary alicyclic amines) is 1. The number of carbonyl (C=O) groups excluding carboxylic acids is 1. The number of rotatable bonds is 4. The van der Waals surface area contributed by atoms with Crippen LogP contribution in [-0.4, -0.2) is 51.4 Å². The molecule has 1 unspecified atom stereocenters. The van der Waals surface area contributed by atoms with Gasteiger partial charge in [-0.3, -0.25) is 14.8 Å². The smallest absolute Gasteiger partial charge is 0.254 e. The number of amides is 1. The van der Waals surface area contributed by atoms with Crippen LogP contribution >= 0.6 is 0 Å². The summed E-state index contributed by atoms with van der Waals surface area (Å²) in [5.41, 5.74) is 4.61. The zero-order chi connectivity index (χ0) is 21.1. The Kier molecular flexibility index (Phi) is 5.70. The van der Waals surface area contributed by atoms with Crippen molar-refractivity contribution < 1.29 is 4.79 Å². The van der Waals surface area contributed by atoms with Crippen LogP contribution in [0.2, 0.25) is 0 Å². The zero-order valence-electron chi connectivity index (χ0n) is 17.6. The lowest BCUT2D eigenvalue weighted by molar-refractivity contribution is 0.0606. The number of nitrogens with zero attached hydrogens (tertiary/aromatic N) is 6. The highest BCUT2D eigenvalue weighted by atomic mass is 16.2. The molecule has 0 saturated carbocycles. The summed E-state index contributed by atoms with van der Waals surface area (Å²) < 4.78 is 0. The van der Waals surface area contributed by atoms with Crippen molar-refractivity contribution >= 4 is 11.9 Å². The summed E-state index contributed by atoms with van der Waals surface area (Å²) in [7, 11) is 3.86. The largest absolute Gasteiger partial charge is 0.347 e. The van der Waals surface area contributed by atoms with Crippen LogP contribution in [0.25, 0.3) is 11.1 Å². The summed E-state index contributed by atoms with van der Waals surface area (Å²) in [4.78, 5) is 35.0. The van der Waals surface area contributed by atoms with E-state index >= 15 is 0 Å².